The summed E-state index contributed by atoms with van der Waals surface area (Å²) in [7, 11) is 0. The maximum atomic E-state index is 13.4. The van der Waals surface area contributed by atoms with Crippen LogP contribution in [0.25, 0.3) is 0 Å². The van der Waals surface area contributed by atoms with Crippen LogP contribution in [-0.4, -0.2) is 59.3 Å². The summed E-state index contributed by atoms with van der Waals surface area (Å²) in [6, 6.07) is 29.2. The number of rotatable bonds is 6. The number of hydrogen-bond donors (Lipinski definition) is 1. The van der Waals surface area contributed by atoms with Gasteiger partial charge in [0.1, 0.15) is 5.84 Å². The number of piperidine rings is 2. The molecule has 7 rings (SSSR count). The molecule has 1 atom stereocenters. The first kappa shape index (κ1) is 32.0. The van der Waals surface area contributed by atoms with Gasteiger partial charge in [0.25, 0.3) is 0 Å². The second kappa shape index (κ2) is 14.7. The second-order valence-corrected chi connectivity index (χ2v) is 14.4. The van der Waals surface area contributed by atoms with Gasteiger partial charge in [-0.2, -0.15) is 0 Å². The minimum Gasteiger partial charge on any atom is -0.356 e. The predicted molar refractivity (Wildman–Crippen MR) is 193 cm³/mol. The number of para-hydroxylation sites is 1. The molecule has 1 unspecified atom stereocenters. The summed E-state index contributed by atoms with van der Waals surface area (Å²) in [5.74, 6) is 1.75. The van der Waals surface area contributed by atoms with Gasteiger partial charge in [0, 0.05) is 46.8 Å². The Labute approximate surface area is 291 Å². The Kier molecular flexibility index (Phi) is 10.0. The van der Waals surface area contributed by atoms with Gasteiger partial charge in [-0.15, -0.1) is 0 Å². The van der Waals surface area contributed by atoms with Crippen molar-refractivity contribution in [2.45, 2.75) is 44.6 Å². The summed E-state index contributed by atoms with van der Waals surface area (Å²) < 4.78 is 1.01. The van der Waals surface area contributed by atoms with Crippen LogP contribution >= 0.6 is 27.5 Å². The van der Waals surface area contributed by atoms with Gasteiger partial charge in [0.2, 0.25) is 5.91 Å². The number of benzene rings is 3. The summed E-state index contributed by atoms with van der Waals surface area (Å²) in [4.78, 5) is 28.3. The molecule has 47 heavy (non-hydrogen) atoms. The second-order valence-electron chi connectivity index (χ2n) is 13.1. The van der Waals surface area contributed by atoms with E-state index < -0.39 is 0 Å². The highest BCUT2D eigenvalue weighted by atomic mass is 79.9. The fourth-order valence-electron chi connectivity index (χ4n) is 7.47. The molecule has 1 amide bonds. The van der Waals surface area contributed by atoms with Crippen LogP contribution in [0.4, 0.5) is 5.69 Å². The standard InChI is InChI=1S/C39H41BrClN5O/c40-32-23-31-12-11-30-24-33(41)13-14-35(30)37(36(31)42-26-32)45-21-17-29(18-22-45)39(47)43-25-27-15-19-46(20-16-27)38(28-7-3-1-4-8-28)44-34-9-5-2-6-10-34/h1-10,13-14,23-24,26-27,29,37H,11-12,15-22,25H2,(H,43,47). The number of amides is 1. The number of carbonyl (C=O) groups is 1. The van der Waals surface area contributed by atoms with E-state index in [2.05, 4.69) is 85.6 Å². The van der Waals surface area contributed by atoms with Crippen LogP contribution in [0.15, 0.2) is 101 Å². The van der Waals surface area contributed by atoms with Crippen LogP contribution in [0.5, 0.6) is 0 Å². The van der Waals surface area contributed by atoms with Crippen molar-refractivity contribution >= 4 is 45.0 Å². The van der Waals surface area contributed by atoms with Gasteiger partial charge in [-0.1, -0.05) is 66.2 Å². The fraction of sp³-hybridized carbons (Fsp3) is 0.359. The molecular weight excluding hydrogens is 670 g/mol. The lowest BCUT2D eigenvalue weighted by atomic mass is 9.90. The van der Waals surface area contributed by atoms with Crippen LogP contribution in [0.1, 0.15) is 59.7 Å². The molecule has 2 saturated heterocycles. The summed E-state index contributed by atoms with van der Waals surface area (Å²) in [5.41, 5.74) is 7.11. The van der Waals surface area contributed by atoms with Crippen molar-refractivity contribution in [1.82, 2.24) is 20.1 Å². The molecule has 0 bridgehead atoms. The van der Waals surface area contributed by atoms with Crippen molar-refractivity contribution in [3.05, 3.63) is 129 Å². The number of carbonyl (C=O) groups excluding carboxylic acids is 1. The highest BCUT2D eigenvalue weighted by molar-refractivity contribution is 9.10. The molecule has 2 aliphatic heterocycles. The molecule has 8 heteroatoms. The molecule has 0 saturated carbocycles. The van der Waals surface area contributed by atoms with E-state index in [1.165, 1.54) is 16.7 Å². The number of likely N-dealkylation sites (tertiary alicyclic amines) is 2. The molecule has 3 aliphatic rings. The van der Waals surface area contributed by atoms with E-state index >= 15 is 0 Å². The summed E-state index contributed by atoms with van der Waals surface area (Å²) >= 11 is 10.1. The zero-order valence-electron chi connectivity index (χ0n) is 26.6. The third kappa shape index (κ3) is 7.48. The first-order valence-electron chi connectivity index (χ1n) is 16.9. The number of halogens is 2. The van der Waals surface area contributed by atoms with Gasteiger partial charge in [0.15, 0.2) is 0 Å². The third-order valence-corrected chi connectivity index (χ3v) is 10.7. The van der Waals surface area contributed by atoms with Gasteiger partial charge in [-0.25, -0.2) is 4.99 Å². The quantitative estimate of drug-likeness (QED) is 0.163. The Bertz CT molecular complexity index is 1660. The van der Waals surface area contributed by atoms with Crippen LogP contribution in [0.3, 0.4) is 0 Å². The molecule has 2 fully saturated rings. The van der Waals surface area contributed by atoms with Crippen molar-refractivity contribution in [2.24, 2.45) is 16.8 Å². The number of aliphatic imine (C=N–C) groups is 1. The summed E-state index contributed by atoms with van der Waals surface area (Å²) in [5, 5.41) is 4.13. The van der Waals surface area contributed by atoms with Crippen molar-refractivity contribution in [1.29, 1.82) is 0 Å². The minimum atomic E-state index is 0.0434. The van der Waals surface area contributed by atoms with Gasteiger partial charge in [-0.05, 0) is 120 Å². The SMILES string of the molecule is O=C(NCC1CCN(C(=Nc2ccccc2)c2ccccc2)CC1)C1CCN(C2c3ccc(Cl)cc3CCc3cc(Br)cnc32)CC1. The molecule has 242 valence electrons. The number of nitrogens with one attached hydrogen (secondary N) is 1. The van der Waals surface area contributed by atoms with Gasteiger partial charge >= 0.3 is 0 Å². The lowest BCUT2D eigenvalue weighted by molar-refractivity contribution is -0.126. The highest BCUT2D eigenvalue weighted by Gasteiger charge is 2.35. The van der Waals surface area contributed by atoms with E-state index in [4.69, 9.17) is 21.6 Å². The largest absolute Gasteiger partial charge is 0.356 e. The predicted octanol–water partition coefficient (Wildman–Crippen LogP) is 8.00. The molecule has 3 aromatic carbocycles. The van der Waals surface area contributed by atoms with E-state index in [1.54, 1.807) is 0 Å². The van der Waals surface area contributed by atoms with E-state index in [-0.39, 0.29) is 17.9 Å². The van der Waals surface area contributed by atoms with Crippen molar-refractivity contribution in [2.75, 3.05) is 32.7 Å². The highest BCUT2D eigenvalue weighted by Crippen LogP contribution is 2.39. The Morgan fingerprint density at radius 1 is 0.872 bits per heavy atom. The first-order chi connectivity index (χ1) is 23.0. The zero-order chi connectivity index (χ0) is 32.2. The number of aromatic nitrogens is 1. The maximum Gasteiger partial charge on any atom is 0.223 e. The number of hydrogen-bond acceptors (Lipinski definition) is 4. The molecular formula is C39H41BrClN5O. The van der Waals surface area contributed by atoms with Gasteiger partial charge in [0.05, 0.1) is 17.4 Å². The minimum absolute atomic E-state index is 0.0434. The number of amidine groups is 1. The molecule has 0 radical (unpaired) electrons. The molecule has 4 aromatic rings. The van der Waals surface area contributed by atoms with Crippen molar-refractivity contribution in [3.8, 4) is 0 Å². The van der Waals surface area contributed by atoms with Gasteiger partial charge in [-0.3, -0.25) is 14.7 Å². The number of fused-ring (bicyclic) bond motifs is 2. The summed E-state index contributed by atoms with van der Waals surface area (Å²) in [6.45, 7) is 4.33. The van der Waals surface area contributed by atoms with E-state index in [1.807, 2.05) is 36.5 Å². The summed E-state index contributed by atoms with van der Waals surface area (Å²) in [6.07, 6.45) is 7.58. The monoisotopic (exact) mass is 709 g/mol. The lowest BCUT2D eigenvalue weighted by Crippen LogP contribution is -2.45. The molecule has 0 spiro atoms. The van der Waals surface area contributed by atoms with E-state index in [0.717, 1.165) is 104 Å². The van der Waals surface area contributed by atoms with Crippen LogP contribution in [0.2, 0.25) is 5.02 Å². The average Bonchev–Trinajstić information content (AvgIpc) is 3.27. The molecule has 6 nitrogen and oxygen atoms in total. The third-order valence-electron chi connectivity index (χ3n) is 10.1. The van der Waals surface area contributed by atoms with Crippen LogP contribution in [-0.2, 0) is 17.6 Å². The topological polar surface area (TPSA) is 60.8 Å². The number of pyridine rings is 1. The molecule has 3 heterocycles. The Hall–Kier alpha value is -3.52. The Morgan fingerprint density at radius 3 is 2.32 bits per heavy atom. The van der Waals surface area contributed by atoms with Gasteiger partial charge < -0.3 is 10.2 Å². The Morgan fingerprint density at radius 2 is 1.57 bits per heavy atom. The fourth-order valence-corrected chi connectivity index (χ4v) is 8.04. The van der Waals surface area contributed by atoms with Crippen LogP contribution in [0, 0.1) is 11.8 Å². The average molecular weight is 711 g/mol. The number of aryl methyl sites for hydroxylation is 2. The number of nitrogens with zero attached hydrogens (tertiary/aromatic N) is 4. The van der Waals surface area contributed by atoms with Crippen molar-refractivity contribution < 1.29 is 4.79 Å². The molecule has 1 aliphatic carbocycles. The zero-order valence-corrected chi connectivity index (χ0v) is 29.0. The van der Waals surface area contributed by atoms with E-state index in [9.17, 15) is 4.79 Å². The van der Waals surface area contributed by atoms with Crippen molar-refractivity contribution in [3.63, 3.8) is 0 Å². The van der Waals surface area contributed by atoms with E-state index in [0.29, 0.717) is 5.92 Å². The van der Waals surface area contributed by atoms with Crippen LogP contribution < -0.4 is 5.32 Å². The molecule has 1 N–H and O–H groups in total. The molecule has 1 aromatic heterocycles. The lowest BCUT2D eigenvalue weighted by Gasteiger charge is -2.38. The first-order valence-corrected chi connectivity index (χ1v) is 18.1. The maximum absolute atomic E-state index is 13.4. The Balaban J connectivity index is 0.949. The smallest absolute Gasteiger partial charge is 0.223 e. The normalized spacial score (nSPS) is 19.5.